The number of amides is 1. The van der Waals surface area contributed by atoms with E-state index < -0.39 is 10.0 Å². The van der Waals surface area contributed by atoms with Gasteiger partial charge in [0.05, 0.1) is 6.26 Å². The summed E-state index contributed by atoms with van der Waals surface area (Å²) in [5.41, 5.74) is 0. The van der Waals surface area contributed by atoms with Crippen molar-refractivity contribution in [2.45, 2.75) is 32.2 Å². The van der Waals surface area contributed by atoms with Crippen LogP contribution in [0.2, 0.25) is 0 Å². The molecule has 124 valence electrons. The molecular weight excluding hydrogens is 308 g/mol. The van der Waals surface area contributed by atoms with Gasteiger partial charge in [-0.05, 0) is 32.9 Å². The van der Waals surface area contributed by atoms with Gasteiger partial charge in [-0.25, -0.2) is 13.1 Å². The Labute approximate surface area is 130 Å². The van der Waals surface area contributed by atoms with Crippen LogP contribution in [0.15, 0.2) is 10.6 Å². The quantitative estimate of drug-likeness (QED) is 0.778. The lowest BCUT2D eigenvalue weighted by molar-refractivity contribution is -0.116. The number of anilines is 1. The van der Waals surface area contributed by atoms with E-state index in [0.29, 0.717) is 24.5 Å². The number of likely N-dealkylation sites (tertiary alicyclic amines) is 1. The highest BCUT2D eigenvalue weighted by Gasteiger charge is 2.21. The molecule has 22 heavy (non-hydrogen) atoms. The molecule has 2 N–H and O–H groups in total. The minimum absolute atomic E-state index is 0.00168. The Bertz CT molecular complexity index is 605. The van der Waals surface area contributed by atoms with E-state index in [9.17, 15) is 13.2 Å². The summed E-state index contributed by atoms with van der Waals surface area (Å²) in [6.07, 6.45) is 3.07. The number of carbonyl (C=O) groups is 1. The van der Waals surface area contributed by atoms with Crippen molar-refractivity contribution in [3.8, 4) is 0 Å². The molecule has 1 aromatic heterocycles. The van der Waals surface area contributed by atoms with Crippen LogP contribution in [-0.4, -0.2) is 56.3 Å². The molecule has 1 aliphatic heterocycles. The zero-order valence-electron chi connectivity index (χ0n) is 12.8. The van der Waals surface area contributed by atoms with E-state index in [2.05, 4.69) is 20.1 Å². The molecule has 1 aromatic rings. The van der Waals surface area contributed by atoms with Crippen molar-refractivity contribution < 1.29 is 17.7 Å². The standard InChI is InChI=1S/C13H22N4O4S/c1-10-9-12(15-21-10)14-13(18)5-8-17-6-3-11(4-7-17)16-22(2,19)20/h9,11,16H,3-8H2,1-2H3,(H,14,15,18). The average molecular weight is 330 g/mol. The normalized spacial score (nSPS) is 17.5. The Morgan fingerprint density at radius 2 is 2.14 bits per heavy atom. The number of sulfonamides is 1. The minimum Gasteiger partial charge on any atom is -0.360 e. The molecule has 0 saturated carbocycles. The number of nitrogens with one attached hydrogen (secondary N) is 2. The summed E-state index contributed by atoms with van der Waals surface area (Å²) in [7, 11) is -3.15. The van der Waals surface area contributed by atoms with Gasteiger partial charge in [-0.15, -0.1) is 0 Å². The monoisotopic (exact) mass is 330 g/mol. The van der Waals surface area contributed by atoms with Crippen molar-refractivity contribution in [3.05, 3.63) is 11.8 Å². The van der Waals surface area contributed by atoms with Gasteiger partial charge in [0, 0.05) is 25.1 Å². The van der Waals surface area contributed by atoms with Crippen molar-refractivity contribution >= 4 is 21.7 Å². The van der Waals surface area contributed by atoms with Gasteiger partial charge in [0.25, 0.3) is 0 Å². The summed E-state index contributed by atoms with van der Waals surface area (Å²) < 4.78 is 29.9. The van der Waals surface area contributed by atoms with Crippen molar-refractivity contribution in [2.75, 3.05) is 31.2 Å². The summed E-state index contributed by atoms with van der Waals surface area (Å²) in [5.74, 6) is 0.971. The van der Waals surface area contributed by atoms with Gasteiger partial charge in [0.2, 0.25) is 15.9 Å². The molecule has 0 aromatic carbocycles. The molecule has 1 saturated heterocycles. The lowest BCUT2D eigenvalue weighted by Crippen LogP contribution is -2.44. The Morgan fingerprint density at radius 3 is 2.68 bits per heavy atom. The van der Waals surface area contributed by atoms with E-state index in [1.54, 1.807) is 13.0 Å². The Kier molecular flexibility index (Phi) is 5.54. The SMILES string of the molecule is Cc1cc(NC(=O)CCN2CCC(NS(C)(=O)=O)CC2)no1. The van der Waals surface area contributed by atoms with Gasteiger partial charge < -0.3 is 14.7 Å². The number of piperidine rings is 1. The number of hydrogen-bond donors (Lipinski definition) is 2. The Morgan fingerprint density at radius 1 is 1.45 bits per heavy atom. The van der Waals surface area contributed by atoms with Crippen molar-refractivity contribution in [2.24, 2.45) is 0 Å². The van der Waals surface area contributed by atoms with Crippen LogP contribution in [0.1, 0.15) is 25.0 Å². The van der Waals surface area contributed by atoms with Crippen molar-refractivity contribution in [1.82, 2.24) is 14.8 Å². The smallest absolute Gasteiger partial charge is 0.226 e. The first kappa shape index (κ1) is 16.9. The van der Waals surface area contributed by atoms with Crippen LogP contribution in [0.4, 0.5) is 5.82 Å². The first-order valence-corrected chi connectivity index (χ1v) is 9.14. The van der Waals surface area contributed by atoms with Crippen molar-refractivity contribution in [3.63, 3.8) is 0 Å². The second-order valence-electron chi connectivity index (χ2n) is 5.63. The average Bonchev–Trinajstić information content (AvgIpc) is 2.81. The van der Waals surface area contributed by atoms with Gasteiger partial charge in [0.15, 0.2) is 5.82 Å². The van der Waals surface area contributed by atoms with E-state index >= 15 is 0 Å². The van der Waals surface area contributed by atoms with E-state index in [1.807, 2.05) is 0 Å². The highest BCUT2D eigenvalue weighted by molar-refractivity contribution is 7.88. The number of carbonyl (C=O) groups excluding carboxylic acids is 1. The summed E-state index contributed by atoms with van der Waals surface area (Å²) in [5, 5.41) is 6.39. The molecule has 1 aliphatic rings. The predicted molar refractivity (Wildman–Crippen MR) is 81.9 cm³/mol. The second kappa shape index (κ2) is 7.21. The maximum Gasteiger partial charge on any atom is 0.226 e. The highest BCUT2D eigenvalue weighted by atomic mass is 32.2. The Balaban J connectivity index is 1.67. The lowest BCUT2D eigenvalue weighted by atomic mass is 10.1. The molecule has 2 rings (SSSR count). The summed E-state index contributed by atoms with van der Waals surface area (Å²) in [4.78, 5) is 14.0. The van der Waals surface area contributed by atoms with E-state index in [4.69, 9.17) is 4.52 Å². The van der Waals surface area contributed by atoms with Gasteiger partial charge >= 0.3 is 0 Å². The number of hydrogen-bond acceptors (Lipinski definition) is 6. The van der Waals surface area contributed by atoms with Crippen molar-refractivity contribution in [1.29, 1.82) is 0 Å². The molecule has 0 atom stereocenters. The molecule has 9 heteroatoms. The third-order valence-corrected chi connectivity index (χ3v) is 4.28. The number of nitrogens with zero attached hydrogens (tertiary/aromatic N) is 2. The fraction of sp³-hybridized carbons (Fsp3) is 0.692. The zero-order valence-corrected chi connectivity index (χ0v) is 13.6. The van der Waals surface area contributed by atoms with Gasteiger partial charge in [0.1, 0.15) is 5.76 Å². The van der Waals surface area contributed by atoms with E-state index in [0.717, 1.165) is 25.9 Å². The second-order valence-corrected chi connectivity index (χ2v) is 7.41. The minimum atomic E-state index is -3.15. The maximum absolute atomic E-state index is 11.8. The summed E-state index contributed by atoms with van der Waals surface area (Å²) in [6, 6.07) is 1.67. The molecule has 0 unspecified atom stereocenters. The number of aromatic nitrogens is 1. The van der Waals surface area contributed by atoms with Crippen LogP contribution in [0, 0.1) is 6.92 Å². The molecule has 1 amide bonds. The van der Waals surface area contributed by atoms with E-state index in [1.165, 1.54) is 6.26 Å². The Hall–Kier alpha value is -1.45. The molecule has 1 fully saturated rings. The molecule has 0 spiro atoms. The molecule has 0 aliphatic carbocycles. The van der Waals surface area contributed by atoms with Gasteiger partial charge in [-0.1, -0.05) is 5.16 Å². The number of aryl methyl sites for hydroxylation is 1. The lowest BCUT2D eigenvalue weighted by Gasteiger charge is -2.31. The van der Waals surface area contributed by atoms with Gasteiger partial charge in [-0.3, -0.25) is 4.79 Å². The molecular formula is C13H22N4O4S. The fourth-order valence-electron chi connectivity index (χ4n) is 2.47. The molecule has 0 bridgehead atoms. The number of rotatable bonds is 6. The first-order valence-electron chi connectivity index (χ1n) is 7.24. The zero-order chi connectivity index (χ0) is 16.2. The predicted octanol–water partition coefficient (Wildman–Crippen LogP) is 0.325. The fourth-order valence-corrected chi connectivity index (χ4v) is 3.31. The largest absolute Gasteiger partial charge is 0.360 e. The molecule has 2 heterocycles. The molecule has 0 radical (unpaired) electrons. The first-order chi connectivity index (χ1) is 10.3. The highest BCUT2D eigenvalue weighted by Crippen LogP contribution is 2.12. The van der Waals surface area contributed by atoms with Crippen LogP contribution in [0.25, 0.3) is 0 Å². The van der Waals surface area contributed by atoms with Gasteiger partial charge in [-0.2, -0.15) is 0 Å². The van der Waals surface area contributed by atoms with Crippen LogP contribution >= 0.6 is 0 Å². The maximum atomic E-state index is 11.8. The summed E-state index contributed by atoms with van der Waals surface area (Å²) in [6.45, 7) is 3.97. The van der Waals surface area contributed by atoms with Crippen LogP contribution < -0.4 is 10.0 Å². The van der Waals surface area contributed by atoms with E-state index in [-0.39, 0.29) is 11.9 Å². The van der Waals surface area contributed by atoms with Crippen LogP contribution in [0.3, 0.4) is 0 Å². The molecule has 8 nitrogen and oxygen atoms in total. The topological polar surface area (TPSA) is 105 Å². The van der Waals surface area contributed by atoms with Crippen LogP contribution in [-0.2, 0) is 14.8 Å². The van der Waals surface area contributed by atoms with Crippen LogP contribution in [0.5, 0.6) is 0 Å². The third kappa shape index (κ3) is 5.74. The third-order valence-electron chi connectivity index (χ3n) is 3.52. The summed E-state index contributed by atoms with van der Waals surface area (Å²) >= 11 is 0.